The van der Waals surface area contributed by atoms with Gasteiger partial charge in [0.1, 0.15) is 11.2 Å². The van der Waals surface area contributed by atoms with Gasteiger partial charge >= 0.3 is 7.12 Å². The Kier molecular flexibility index (Phi) is 3.08. The van der Waals surface area contributed by atoms with Gasteiger partial charge in [0.05, 0.1) is 11.2 Å². The summed E-state index contributed by atoms with van der Waals surface area (Å²) < 4.78 is 18.3. The van der Waals surface area contributed by atoms with Crippen LogP contribution >= 0.6 is 11.6 Å². The summed E-state index contributed by atoms with van der Waals surface area (Å²) >= 11 is 6.29. The first kappa shape index (κ1) is 15.0. The van der Waals surface area contributed by atoms with E-state index < -0.39 is 18.3 Å². The van der Waals surface area contributed by atoms with Crippen LogP contribution in [0.15, 0.2) is 35.0 Å². The van der Waals surface area contributed by atoms with Gasteiger partial charge in [0.25, 0.3) is 0 Å². The molecule has 0 spiro atoms. The Labute approximate surface area is 139 Å². The van der Waals surface area contributed by atoms with E-state index in [1.807, 2.05) is 45.9 Å². The summed E-state index contributed by atoms with van der Waals surface area (Å²) in [5, 5.41) is 2.47. The average molecular weight is 330 g/mol. The Morgan fingerprint density at radius 1 is 1.04 bits per heavy atom. The number of pyridine rings is 1. The number of fused-ring (bicyclic) bond motifs is 3. The Morgan fingerprint density at radius 3 is 2.43 bits per heavy atom. The van der Waals surface area contributed by atoms with Crippen LogP contribution in [0.25, 0.3) is 21.9 Å². The molecular weight excluding hydrogens is 312 g/mol. The molecule has 0 unspecified atom stereocenters. The highest BCUT2D eigenvalue weighted by Gasteiger charge is 2.52. The molecule has 0 saturated carbocycles. The molecule has 3 aromatic rings. The minimum absolute atomic E-state index is 0.413. The number of furan rings is 1. The van der Waals surface area contributed by atoms with Crippen LogP contribution in [0, 0.1) is 0 Å². The minimum Gasteiger partial charge on any atom is -0.456 e. The Balaban J connectivity index is 1.97. The van der Waals surface area contributed by atoms with Crippen molar-refractivity contribution < 1.29 is 13.7 Å². The van der Waals surface area contributed by atoms with Gasteiger partial charge in [-0.15, -0.1) is 0 Å². The maximum absolute atomic E-state index is 6.29. The molecule has 1 aliphatic heterocycles. The molecule has 118 valence electrons. The Hall–Kier alpha value is -1.56. The van der Waals surface area contributed by atoms with E-state index in [9.17, 15) is 0 Å². The molecular formula is C17H17BClNO3. The van der Waals surface area contributed by atoms with Crippen molar-refractivity contribution in [3.8, 4) is 0 Å². The molecule has 1 saturated heterocycles. The van der Waals surface area contributed by atoms with Crippen LogP contribution in [0.4, 0.5) is 0 Å². The van der Waals surface area contributed by atoms with E-state index in [2.05, 4.69) is 4.98 Å². The fourth-order valence-corrected chi connectivity index (χ4v) is 3.12. The van der Waals surface area contributed by atoms with E-state index in [0.29, 0.717) is 10.6 Å². The van der Waals surface area contributed by atoms with Crippen LogP contribution in [0.1, 0.15) is 27.7 Å². The van der Waals surface area contributed by atoms with Crippen molar-refractivity contribution in [3.63, 3.8) is 0 Å². The molecule has 0 bridgehead atoms. The molecule has 6 heteroatoms. The molecule has 1 aliphatic rings. The lowest BCUT2D eigenvalue weighted by molar-refractivity contribution is 0.00578. The Morgan fingerprint density at radius 2 is 1.74 bits per heavy atom. The SMILES string of the molecule is CC1(C)OB(c2cc(Cl)cc3oc4ccncc4c23)OC1(C)C. The van der Waals surface area contributed by atoms with E-state index in [-0.39, 0.29) is 0 Å². The Bertz CT molecular complexity index is 903. The molecule has 2 aromatic heterocycles. The van der Waals surface area contributed by atoms with Crippen LogP contribution in [0.3, 0.4) is 0 Å². The second-order valence-corrected chi connectivity index (χ2v) is 7.37. The molecule has 0 radical (unpaired) electrons. The third kappa shape index (κ3) is 2.18. The number of halogens is 1. The summed E-state index contributed by atoms with van der Waals surface area (Å²) in [7, 11) is -0.498. The smallest absolute Gasteiger partial charge is 0.456 e. The second-order valence-electron chi connectivity index (χ2n) is 6.93. The van der Waals surface area contributed by atoms with Crippen LogP contribution in [-0.2, 0) is 9.31 Å². The van der Waals surface area contributed by atoms with Gasteiger partial charge in [0, 0.05) is 34.3 Å². The number of nitrogens with zero attached hydrogens (tertiary/aromatic N) is 1. The molecule has 1 fully saturated rings. The zero-order valence-corrected chi connectivity index (χ0v) is 14.3. The number of hydrogen-bond donors (Lipinski definition) is 0. The zero-order valence-electron chi connectivity index (χ0n) is 13.5. The maximum atomic E-state index is 6.29. The van der Waals surface area contributed by atoms with Crippen molar-refractivity contribution in [1.82, 2.24) is 4.98 Å². The molecule has 0 aliphatic carbocycles. The monoisotopic (exact) mass is 329 g/mol. The molecule has 4 rings (SSSR count). The fraction of sp³-hybridized carbons (Fsp3) is 0.353. The van der Waals surface area contributed by atoms with Gasteiger partial charge in [-0.2, -0.15) is 0 Å². The summed E-state index contributed by atoms with van der Waals surface area (Å²) in [5.41, 5.74) is 1.53. The normalized spacial score (nSPS) is 19.8. The van der Waals surface area contributed by atoms with E-state index in [0.717, 1.165) is 21.8 Å². The molecule has 4 nitrogen and oxygen atoms in total. The largest absolute Gasteiger partial charge is 0.495 e. The second kappa shape index (κ2) is 4.73. The van der Waals surface area contributed by atoms with Crippen LogP contribution in [-0.4, -0.2) is 23.3 Å². The highest BCUT2D eigenvalue weighted by Crippen LogP contribution is 2.38. The number of hydrogen-bond acceptors (Lipinski definition) is 4. The maximum Gasteiger partial charge on any atom is 0.495 e. The number of benzene rings is 1. The summed E-state index contributed by atoms with van der Waals surface area (Å²) in [6.45, 7) is 8.13. The lowest BCUT2D eigenvalue weighted by atomic mass is 9.76. The van der Waals surface area contributed by atoms with Gasteiger partial charge in [-0.05, 0) is 45.3 Å². The van der Waals surface area contributed by atoms with Gasteiger partial charge in [0.2, 0.25) is 0 Å². The molecule has 0 amide bonds. The first-order valence-corrected chi connectivity index (χ1v) is 7.98. The van der Waals surface area contributed by atoms with Crippen molar-refractivity contribution in [2.24, 2.45) is 0 Å². The predicted molar refractivity (Wildman–Crippen MR) is 92.2 cm³/mol. The van der Waals surface area contributed by atoms with Crippen LogP contribution < -0.4 is 5.46 Å². The van der Waals surface area contributed by atoms with E-state index in [1.165, 1.54) is 0 Å². The number of rotatable bonds is 1. The third-order valence-corrected chi connectivity index (χ3v) is 5.09. The van der Waals surface area contributed by atoms with Crippen molar-refractivity contribution in [2.75, 3.05) is 0 Å². The van der Waals surface area contributed by atoms with Crippen molar-refractivity contribution >= 4 is 46.1 Å². The van der Waals surface area contributed by atoms with E-state index in [4.69, 9.17) is 25.3 Å². The van der Waals surface area contributed by atoms with Crippen LogP contribution in [0.2, 0.25) is 5.02 Å². The van der Waals surface area contributed by atoms with Gasteiger partial charge in [-0.3, -0.25) is 4.98 Å². The highest BCUT2D eigenvalue weighted by atomic mass is 35.5. The third-order valence-electron chi connectivity index (χ3n) is 4.87. The molecule has 0 N–H and O–H groups in total. The summed E-state index contributed by atoms with van der Waals surface area (Å²) in [5.74, 6) is 0. The van der Waals surface area contributed by atoms with Gasteiger partial charge in [-0.1, -0.05) is 11.6 Å². The van der Waals surface area contributed by atoms with Crippen molar-refractivity contribution in [3.05, 3.63) is 35.6 Å². The molecule has 0 atom stereocenters. The van der Waals surface area contributed by atoms with E-state index >= 15 is 0 Å². The van der Waals surface area contributed by atoms with Crippen molar-refractivity contribution in [2.45, 2.75) is 38.9 Å². The summed E-state index contributed by atoms with van der Waals surface area (Å²) in [6, 6.07) is 5.54. The van der Waals surface area contributed by atoms with Crippen molar-refractivity contribution in [1.29, 1.82) is 0 Å². The topological polar surface area (TPSA) is 44.5 Å². The lowest BCUT2D eigenvalue weighted by Gasteiger charge is -2.32. The average Bonchev–Trinajstić information content (AvgIpc) is 2.92. The summed E-state index contributed by atoms with van der Waals surface area (Å²) in [6.07, 6.45) is 3.50. The fourth-order valence-electron chi connectivity index (χ4n) is 2.90. The quantitative estimate of drug-likeness (QED) is 0.634. The van der Waals surface area contributed by atoms with E-state index in [1.54, 1.807) is 12.4 Å². The molecule has 1 aromatic carbocycles. The number of aromatic nitrogens is 1. The highest BCUT2D eigenvalue weighted by molar-refractivity contribution is 6.66. The van der Waals surface area contributed by atoms with Gasteiger partial charge in [0.15, 0.2) is 0 Å². The van der Waals surface area contributed by atoms with Gasteiger partial charge in [-0.25, -0.2) is 0 Å². The molecule has 3 heterocycles. The molecule has 23 heavy (non-hydrogen) atoms. The standard InChI is InChI=1S/C17H17BClNO3/c1-16(2)17(3,4)23-18(22-16)12-7-10(19)8-14-15(12)11-9-20-6-5-13(11)21-14/h5-9H,1-4H3. The minimum atomic E-state index is -0.498. The first-order valence-electron chi connectivity index (χ1n) is 7.60. The first-order chi connectivity index (χ1) is 10.8. The van der Waals surface area contributed by atoms with Crippen LogP contribution in [0.5, 0.6) is 0 Å². The lowest BCUT2D eigenvalue weighted by Crippen LogP contribution is -2.41. The summed E-state index contributed by atoms with van der Waals surface area (Å²) in [4.78, 5) is 4.21. The zero-order chi connectivity index (χ0) is 16.4. The van der Waals surface area contributed by atoms with Gasteiger partial charge < -0.3 is 13.7 Å². The predicted octanol–water partition coefficient (Wildman–Crippen LogP) is 3.93.